The highest BCUT2D eigenvalue weighted by Gasteiger charge is 2.27. The Morgan fingerprint density at radius 2 is 1.51 bits per heavy atom. The van der Waals surface area contributed by atoms with Crippen molar-refractivity contribution in [3.8, 4) is 5.75 Å². The van der Waals surface area contributed by atoms with Gasteiger partial charge in [0.2, 0.25) is 5.91 Å². The van der Waals surface area contributed by atoms with Gasteiger partial charge in [-0.25, -0.2) is 12.8 Å². The molecule has 0 aliphatic carbocycles. The van der Waals surface area contributed by atoms with Gasteiger partial charge < -0.3 is 10.1 Å². The van der Waals surface area contributed by atoms with Crippen molar-refractivity contribution in [1.82, 2.24) is 4.98 Å². The Bertz CT molecular complexity index is 1430. The van der Waals surface area contributed by atoms with E-state index in [2.05, 4.69) is 10.3 Å². The molecule has 4 rings (SSSR count). The Morgan fingerprint density at radius 3 is 2.14 bits per heavy atom. The quantitative estimate of drug-likeness (QED) is 0.317. The first-order chi connectivity index (χ1) is 17.8. The topological polar surface area (TPSA) is 88.6 Å². The van der Waals surface area contributed by atoms with Crippen LogP contribution in [0.3, 0.4) is 0 Å². The van der Waals surface area contributed by atoms with Crippen LogP contribution in [0.1, 0.15) is 18.1 Å². The molecule has 0 radical (unpaired) electrons. The lowest BCUT2D eigenvalue weighted by Crippen LogP contribution is -2.38. The Hall–Kier alpha value is -4.24. The molecule has 0 saturated heterocycles. The zero-order valence-corrected chi connectivity index (χ0v) is 21.0. The number of carbonyl (C=O) groups is 1. The smallest absolute Gasteiger partial charge is 0.264 e. The number of hydrogen-bond donors (Lipinski definition) is 1. The van der Waals surface area contributed by atoms with E-state index in [-0.39, 0.29) is 10.6 Å². The molecule has 4 aromatic rings. The lowest BCUT2D eigenvalue weighted by molar-refractivity contribution is -0.114. The highest BCUT2D eigenvalue weighted by Crippen LogP contribution is 2.26. The van der Waals surface area contributed by atoms with Gasteiger partial charge in [0, 0.05) is 18.1 Å². The Labute approximate surface area is 215 Å². The third kappa shape index (κ3) is 6.71. The summed E-state index contributed by atoms with van der Waals surface area (Å²) in [6.45, 7) is 1.82. The third-order valence-electron chi connectivity index (χ3n) is 5.52. The van der Waals surface area contributed by atoms with Crippen molar-refractivity contribution in [2.24, 2.45) is 0 Å². The number of aromatic nitrogens is 1. The first-order valence-electron chi connectivity index (χ1n) is 11.6. The van der Waals surface area contributed by atoms with Crippen LogP contribution in [-0.2, 0) is 21.2 Å². The minimum absolute atomic E-state index is 0.129. The number of pyridine rings is 1. The molecule has 1 N–H and O–H groups in total. The summed E-state index contributed by atoms with van der Waals surface area (Å²) in [5, 5.41) is 2.76. The number of benzene rings is 3. The van der Waals surface area contributed by atoms with Crippen LogP contribution in [-0.4, -0.2) is 32.5 Å². The number of anilines is 2. The largest absolute Gasteiger partial charge is 0.494 e. The second-order valence-electron chi connectivity index (χ2n) is 8.17. The molecule has 1 heterocycles. The summed E-state index contributed by atoms with van der Waals surface area (Å²) in [5.74, 6) is -0.514. The summed E-state index contributed by atoms with van der Waals surface area (Å²) in [4.78, 5) is 16.9. The molecule has 0 unspecified atom stereocenters. The molecule has 37 heavy (non-hydrogen) atoms. The van der Waals surface area contributed by atoms with Gasteiger partial charge in [-0.3, -0.25) is 14.1 Å². The van der Waals surface area contributed by atoms with Crippen LogP contribution in [0.2, 0.25) is 0 Å². The molecule has 0 saturated carbocycles. The fourth-order valence-corrected chi connectivity index (χ4v) is 5.12. The van der Waals surface area contributed by atoms with Crippen molar-refractivity contribution >= 4 is 27.3 Å². The maximum atomic E-state index is 13.4. The standard InChI is InChI=1S/C28H26FN3O4S/c1-2-36-26-11-9-25(10-12-26)32(37(34,35)27-13-5-23(29)6-14-27)20-28(33)31-24-7-3-21(4-8-24)19-22-15-17-30-18-16-22/h3-18H,2,19-20H2,1H3,(H,31,33). The van der Waals surface area contributed by atoms with E-state index in [1.54, 1.807) is 48.8 Å². The van der Waals surface area contributed by atoms with Crippen molar-refractivity contribution in [3.05, 3.63) is 114 Å². The summed E-state index contributed by atoms with van der Waals surface area (Å²) >= 11 is 0. The fraction of sp³-hybridized carbons (Fsp3) is 0.143. The van der Waals surface area contributed by atoms with E-state index >= 15 is 0 Å². The van der Waals surface area contributed by atoms with Gasteiger partial charge in [-0.2, -0.15) is 0 Å². The molecule has 0 spiro atoms. The lowest BCUT2D eigenvalue weighted by atomic mass is 10.1. The summed E-state index contributed by atoms with van der Waals surface area (Å²) in [6, 6.07) is 22.1. The predicted octanol–water partition coefficient (Wildman–Crippen LogP) is 5.04. The highest BCUT2D eigenvalue weighted by atomic mass is 32.2. The molecule has 0 bridgehead atoms. The van der Waals surface area contributed by atoms with Crippen molar-refractivity contribution in [2.45, 2.75) is 18.2 Å². The number of amides is 1. The minimum atomic E-state index is -4.16. The summed E-state index contributed by atoms with van der Waals surface area (Å²) in [6.07, 6.45) is 4.19. The number of hydrogen-bond acceptors (Lipinski definition) is 5. The van der Waals surface area contributed by atoms with E-state index in [9.17, 15) is 17.6 Å². The fourth-order valence-electron chi connectivity index (χ4n) is 3.70. The number of ether oxygens (including phenoxy) is 1. The molecular weight excluding hydrogens is 493 g/mol. The molecule has 1 aromatic heterocycles. The number of nitrogens with one attached hydrogen (secondary N) is 1. The molecule has 7 nitrogen and oxygen atoms in total. The number of rotatable bonds is 10. The monoisotopic (exact) mass is 519 g/mol. The van der Waals surface area contributed by atoms with Gasteiger partial charge in [-0.1, -0.05) is 12.1 Å². The van der Waals surface area contributed by atoms with E-state index in [1.165, 1.54) is 12.1 Å². The average molecular weight is 520 g/mol. The summed E-state index contributed by atoms with van der Waals surface area (Å²) in [5.41, 5.74) is 2.98. The van der Waals surface area contributed by atoms with E-state index in [4.69, 9.17) is 4.74 Å². The first kappa shape index (κ1) is 25.8. The molecule has 9 heteroatoms. The maximum absolute atomic E-state index is 13.4. The van der Waals surface area contributed by atoms with Gasteiger partial charge >= 0.3 is 0 Å². The summed E-state index contributed by atoms with van der Waals surface area (Å²) < 4.78 is 46.8. The zero-order valence-electron chi connectivity index (χ0n) is 20.2. The Balaban J connectivity index is 1.53. The van der Waals surface area contributed by atoms with Gasteiger partial charge in [0.25, 0.3) is 10.0 Å². The molecular formula is C28H26FN3O4S. The van der Waals surface area contributed by atoms with Gasteiger partial charge in [-0.15, -0.1) is 0 Å². The van der Waals surface area contributed by atoms with Crippen molar-refractivity contribution in [3.63, 3.8) is 0 Å². The molecule has 1 amide bonds. The molecule has 0 atom stereocenters. The number of carbonyl (C=O) groups excluding carboxylic acids is 1. The van der Waals surface area contributed by atoms with Crippen molar-refractivity contribution in [2.75, 3.05) is 22.8 Å². The van der Waals surface area contributed by atoms with E-state index < -0.39 is 28.3 Å². The number of halogens is 1. The Morgan fingerprint density at radius 1 is 0.892 bits per heavy atom. The summed E-state index contributed by atoms with van der Waals surface area (Å²) in [7, 11) is -4.16. The van der Waals surface area contributed by atoms with Crippen LogP contribution in [0.4, 0.5) is 15.8 Å². The molecule has 190 valence electrons. The Kier molecular flexibility index (Phi) is 8.15. The van der Waals surface area contributed by atoms with E-state index in [0.29, 0.717) is 18.0 Å². The minimum Gasteiger partial charge on any atom is -0.494 e. The zero-order chi connectivity index (χ0) is 26.3. The van der Waals surface area contributed by atoms with E-state index in [0.717, 1.165) is 34.0 Å². The maximum Gasteiger partial charge on any atom is 0.264 e. The van der Waals surface area contributed by atoms with Crippen LogP contribution in [0.15, 0.2) is 102 Å². The molecule has 0 aliphatic heterocycles. The van der Waals surface area contributed by atoms with Crippen molar-refractivity contribution < 1.29 is 22.3 Å². The second kappa shape index (κ2) is 11.7. The normalized spacial score (nSPS) is 11.1. The number of sulfonamides is 1. The molecule has 3 aromatic carbocycles. The predicted molar refractivity (Wildman–Crippen MR) is 141 cm³/mol. The number of nitrogens with zero attached hydrogens (tertiary/aromatic N) is 2. The van der Waals surface area contributed by atoms with Gasteiger partial charge in [0.05, 0.1) is 17.2 Å². The SMILES string of the molecule is CCOc1ccc(N(CC(=O)Nc2ccc(Cc3ccncc3)cc2)S(=O)(=O)c2ccc(F)cc2)cc1. The van der Waals surface area contributed by atoms with Crippen LogP contribution in [0.25, 0.3) is 0 Å². The van der Waals surface area contributed by atoms with Crippen molar-refractivity contribution in [1.29, 1.82) is 0 Å². The van der Waals surface area contributed by atoms with Gasteiger partial charge in [0.15, 0.2) is 0 Å². The molecule has 0 aliphatic rings. The highest BCUT2D eigenvalue weighted by molar-refractivity contribution is 7.92. The van der Waals surface area contributed by atoms with Crippen LogP contribution < -0.4 is 14.4 Å². The van der Waals surface area contributed by atoms with Crippen LogP contribution in [0.5, 0.6) is 5.75 Å². The average Bonchev–Trinajstić information content (AvgIpc) is 2.90. The molecule has 0 fully saturated rings. The van der Waals surface area contributed by atoms with Gasteiger partial charge in [0.1, 0.15) is 18.1 Å². The lowest BCUT2D eigenvalue weighted by Gasteiger charge is -2.24. The van der Waals surface area contributed by atoms with E-state index in [1.807, 2.05) is 31.2 Å². The third-order valence-corrected chi connectivity index (χ3v) is 7.31. The van der Waals surface area contributed by atoms with Crippen LogP contribution in [0, 0.1) is 5.82 Å². The van der Waals surface area contributed by atoms with Gasteiger partial charge in [-0.05, 0) is 97.3 Å². The second-order valence-corrected chi connectivity index (χ2v) is 10.0. The van der Waals surface area contributed by atoms with Crippen LogP contribution >= 0.6 is 0 Å². The first-order valence-corrected chi connectivity index (χ1v) is 13.1.